The van der Waals surface area contributed by atoms with E-state index in [4.69, 9.17) is 0 Å². The van der Waals surface area contributed by atoms with Crippen LogP contribution in [0.4, 0.5) is 0 Å². The summed E-state index contributed by atoms with van der Waals surface area (Å²) < 4.78 is 0. The third kappa shape index (κ3) is 6.06. The fraction of sp³-hybridized carbons (Fsp3) is 0.478. The number of piperidine rings is 1. The van der Waals surface area contributed by atoms with Crippen LogP contribution < -0.4 is 10.6 Å². The highest BCUT2D eigenvalue weighted by molar-refractivity contribution is 5.79. The Morgan fingerprint density at radius 3 is 2.68 bits per heavy atom. The maximum Gasteiger partial charge on any atom is 0.191 e. The first-order valence-corrected chi connectivity index (χ1v) is 10.4. The molecule has 0 radical (unpaired) electrons. The number of hydrogen-bond acceptors (Lipinski definition) is 3. The molecule has 5 nitrogen and oxygen atoms in total. The van der Waals surface area contributed by atoms with Gasteiger partial charge in [0, 0.05) is 51.0 Å². The standard InChI is InChI=1S/C23H33N5/c1-19-9-6-8-16-28(19)18-21-11-4-3-10-20(21)17-27-23(24-2)26-15-13-22-12-5-7-14-25-22/h3-5,7,10-12,14,19H,6,8-9,13,15-18H2,1-2H3,(H2,24,26,27). The molecule has 5 heteroatoms. The number of nitrogens with one attached hydrogen (secondary N) is 2. The van der Waals surface area contributed by atoms with E-state index in [1.165, 1.54) is 36.9 Å². The second-order valence-corrected chi connectivity index (χ2v) is 7.51. The monoisotopic (exact) mass is 379 g/mol. The summed E-state index contributed by atoms with van der Waals surface area (Å²) in [5.41, 5.74) is 3.84. The summed E-state index contributed by atoms with van der Waals surface area (Å²) >= 11 is 0. The molecule has 3 rings (SSSR count). The SMILES string of the molecule is CN=C(NCCc1ccccn1)NCc1ccccc1CN1CCCCC1C. The fourth-order valence-corrected chi connectivity index (χ4v) is 3.75. The lowest BCUT2D eigenvalue weighted by atomic mass is 10.0. The van der Waals surface area contributed by atoms with Crippen molar-refractivity contribution in [3.8, 4) is 0 Å². The van der Waals surface area contributed by atoms with Gasteiger partial charge in [-0.05, 0) is 49.6 Å². The van der Waals surface area contributed by atoms with Gasteiger partial charge in [0.05, 0.1) is 0 Å². The Bertz CT molecular complexity index is 744. The van der Waals surface area contributed by atoms with E-state index >= 15 is 0 Å². The van der Waals surface area contributed by atoms with Crippen molar-refractivity contribution < 1.29 is 0 Å². The van der Waals surface area contributed by atoms with E-state index in [0.717, 1.165) is 37.7 Å². The van der Waals surface area contributed by atoms with Crippen LogP contribution in [0.3, 0.4) is 0 Å². The molecular formula is C23H33N5. The topological polar surface area (TPSA) is 52.6 Å². The van der Waals surface area contributed by atoms with Gasteiger partial charge in [-0.15, -0.1) is 0 Å². The average Bonchev–Trinajstić information content (AvgIpc) is 2.74. The first-order chi connectivity index (χ1) is 13.8. The summed E-state index contributed by atoms with van der Waals surface area (Å²) in [7, 11) is 1.82. The lowest BCUT2D eigenvalue weighted by molar-refractivity contribution is 0.152. The Balaban J connectivity index is 1.51. The van der Waals surface area contributed by atoms with Crippen LogP contribution in [0, 0.1) is 0 Å². The Kier molecular flexibility index (Phi) is 7.85. The lowest BCUT2D eigenvalue weighted by Crippen LogP contribution is -2.39. The highest BCUT2D eigenvalue weighted by Gasteiger charge is 2.19. The van der Waals surface area contributed by atoms with Crippen LogP contribution in [0.5, 0.6) is 0 Å². The van der Waals surface area contributed by atoms with Crippen LogP contribution in [0.25, 0.3) is 0 Å². The molecule has 0 saturated carbocycles. The van der Waals surface area contributed by atoms with Crippen LogP contribution in [0.1, 0.15) is 43.0 Å². The molecular weight excluding hydrogens is 346 g/mol. The van der Waals surface area contributed by atoms with Crippen LogP contribution in [-0.2, 0) is 19.5 Å². The highest BCUT2D eigenvalue weighted by atomic mass is 15.2. The molecule has 0 aliphatic carbocycles. The molecule has 28 heavy (non-hydrogen) atoms. The molecule has 1 aromatic heterocycles. The minimum absolute atomic E-state index is 0.677. The summed E-state index contributed by atoms with van der Waals surface area (Å²) in [4.78, 5) is 11.3. The minimum Gasteiger partial charge on any atom is -0.356 e. The molecule has 0 spiro atoms. The maximum absolute atomic E-state index is 4.36. The third-order valence-corrected chi connectivity index (χ3v) is 5.50. The van der Waals surface area contributed by atoms with Crippen molar-refractivity contribution in [2.45, 2.75) is 51.7 Å². The average molecular weight is 380 g/mol. The van der Waals surface area contributed by atoms with Crippen molar-refractivity contribution >= 4 is 5.96 Å². The van der Waals surface area contributed by atoms with Gasteiger partial charge >= 0.3 is 0 Å². The second kappa shape index (κ2) is 10.8. The Labute approximate surface area is 169 Å². The van der Waals surface area contributed by atoms with Crippen LogP contribution >= 0.6 is 0 Å². The molecule has 0 amide bonds. The Morgan fingerprint density at radius 2 is 1.93 bits per heavy atom. The van der Waals surface area contributed by atoms with Gasteiger partial charge in [-0.2, -0.15) is 0 Å². The maximum atomic E-state index is 4.36. The van der Waals surface area contributed by atoms with Gasteiger partial charge < -0.3 is 10.6 Å². The van der Waals surface area contributed by atoms with Crippen LogP contribution in [-0.4, -0.2) is 42.0 Å². The molecule has 2 N–H and O–H groups in total. The van der Waals surface area contributed by atoms with Gasteiger partial charge in [-0.1, -0.05) is 36.8 Å². The number of nitrogens with zero attached hydrogens (tertiary/aromatic N) is 3. The first-order valence-electron chi connectivity index (χ1n) is 10.4. The number of aliphatic imine (C=N–C) groups is 1. The quantitative estimate of drug-likeness (QED) is 0.572. The molecule has 1 aromatic carbocycles. The molecule has 1 saturated heterocycles. The summed E-state index contributed by atoms with van der Waals surface area (Å²) in [6.45, 7) is 6.18. The van der Waals surface area contributed by atoms with E-state index < -0.39 is 0 Å². The minimum atomic E-state index is 0.677. The molecule has 2 heterocycles. The molecule has 1 atom stereocenters. The number of aromatic nitrogens is 1. The third-order valence-electron chi connectivity index (χ3n) is 5.50. The number of pyridine rings is 1. The van der Waals surface area contributed by atoms with Crippen molar-refractivity contribution in [3.05, 3.63) is 65.5 Å². The molecule has 1 unspecified atom stereocenters. The molecule has 150 valence electrons. The van der Waals surface area contributed by atoms with E-state index in [-0.39, 0.29) is 0 Å². The van der Waals surface area contributed by atoms with Crippen molar-refractivity contribution in [1.29, 1.82) is 0 Å². The number of rotatable bonds is 7. The van der Waals surface area contributed by atoms with Crippen molar-refractivity contribution in [2.24, 2.45) is 4.99 Å². The molecule has 0 bridgehead atoms. The van der Waals surface area contributed by atoms with Crippen molar-refractivity contribution in [3.63, 3.8) is 0 Å². The van der Waals surface area contributed by atoms with Crippen LogP contribution in [0.15, 0.2) is 53.7 Å². The lowest BCUT2D eigenvalue weighted by Gasteiger charge is -2.33. The molecule has 1 aliphatic rings. The summed E-state index contributed by atoms with van der Waals surface area (Å²) in [5.74, 6) is 0.831. The number of guanidine groups is 1. The van der Waals surface area contributed by atoms with Gasteiger partial charge in [0.1, 0.15) is 0 Å². The van der Waals surface area contributed by atoms with Crippen molar-refractivity contribution in [1.82, 2.24) is 20.5 Å². The number of hydrogen-bond donors (Lipinski definition) is 2. The summed E-state index contributed by atoms with van der Waals surface area (Å²) in [6.07, 6.45) is 6.71. The fourth-order valence-electron chi connectivity index (χ4n) is 3.75. The molecule has 2 aromatic rings. The van der Waals surface area contributed by atoms with E-state index in [1.54, 1.807) is 0 Å². The first kappa shape index (κ1) is 20.3. The summed E-state index contributed by atoms with van der Waals surface area (Å²) in [6, 6.07) is 15.4. The predicted octanol–water partition coefficient (Wildman–Crippen LogP) is 3.36. The van der Waals surface area contributed by atoms with E-state index in [1.807, 2.05) is 25.4 Å². The van der Waals surface area contributed by atoms with Crippen molar-refractivity contribution in [2.75, 3.05) is 20.1 Å². The zero-order valence-corrected chi connectivity index (χ0v) is 17.2. The molecule has 1 fully saturated rings. The Morgan fingerprint density at radius 1 is 1.11 bits per heavy atom. The van der Waals surface area contributed by atoms with Gasteiger partial charge in [0.15, 0.2) is 5.96 Å². The van der Waals surface area contributed by atoms with Crippen LogP contribution in [0.2, 0.25) is 0 Å². The normalized spacial score (nSPS) is 18.1. The van der Waals surface area contributed by atoms with E-state index in [2.05, 4.69) is 62.8 Å². The van der Waals surface area contributed by atoms with E-state index in [9.17, 15) is 0 Å². The number of benzene rings is 1. The second-order valence-electron chi connectivity index (χ2n) is 7.51. The van der Waals surface area contributed by atoms with Gasteiger partial charge in [-0.25, -0.2) is 0 Å². The predicted molar refractivity (Wildman–Crippen MR) is 116 cm³/mol. The molecule has 1 aliphatic heterocycles. The Hall–Kier alpha value is -2.40. The zero-order chi connectivity index (χ0) is 19.6. The van der Waals surface area contributed by atoms with Gasteiger partial charge in [-0.3, -0.25) is 14.9 Å². The summed E-state index contributed by atoms with van der Waals surface area (Å²) in [5, 5.41) is 6.85. The zero-order valence-electron chi connectivity index (χ0n) is 17.2. The number of likely N-dealkylation sites (tertiary alicyclic amines) is 1. The smallest absolute Gasteiger partial charge is 0.191 e. The van der Waals surface area contributed by atoms with E-state index in [0.29, 0.717) is 6.04 Å². The van der Waals surface area contributed by atoms with Gasteiger partial charge in [0.2, 0.25) is 0 Å². The van der Waals surface area contributed by atoms with Gasteiger partial charge in [0.25, 0.3) is 0 Å². The largest absolute Gasteiger partial charge is 0.356 e. The highest BCUT2D eigenvalue weighted by Crippen LogP contribution is 2.20.